The summed E-state index contributed by atoms with van der Waals surface area (Å²) in [5.41, 5.74) is 2.91. The van der Waals surface area contributed by atoms with Crippen LogP contribution in [0.5, 0.6) is 5.75 Å². The number of anilines is 1. The molecule has 0 aliphatic heterocycles. The average Bonchev–Trinajstić information content (AvgIpc) is 3.34. The van der Waals surface area contributed by atoms with Gasteiger partial charge in [0, 0.05) is 4.88 Å². The molecule has 1 aromatic carbocycles. The summed E-state index contributed by atoms with van der Waals surface area (Å²) in [4.78, 5) is 20.0. The molecule has 1 atom stereocenters. The maximum atomic E-state index is 12.6. The molecule has 3 aromatic heterocycles. The van der Waals surface area contributed by atoms with Gasteiger partial charge in [-0.3, -0.25) is 9.20 Å². The van der Waals surface area contributed by atoms with Gasteiger partial charge in [0.05, 0.1) is 23.4 Å². The van der Waals surface area contributed by atoms with Gasteiger partial charge in [-0.1, -0.05) is 30.8 Å². The van der Waals surface area contributed by atoms with Gasteiger partial charge in [0.25, 0.3) is 0 Å². The Bertz CT molecular complexity index is 1310. The van der Waals surface area contributed by atoms with Crippen LogP contribution in [0.15, 0.2) is 29.4 Å². The number of thiophene rings is 1. The summed E-state index contributed by atoms with van der Waals surface area (Å²) >= 11 is 3.16. The molecular weight excluding hydrogens is 442 g/mol. The van der Waals surface area contributed by atoms with Crippen molar-refractivity contribution in [2.24, 2.45) is 5.92 Å². The number of amides is 1. The van der Waals surface area contributed by atoms with Gasteiger partial charge in [0.2, 0.25) is 5.91 Å². The number of ether oxygens (including phenoxy) is 1. The Kier molecular flexibility index (Phi) is 5.77. The Morgan fingerprint density at radius 2 is 2.19 bits per heavy atom. The molecule has 1 unspecified atom stereocenters. The molecule has 0 saturated heterocycles. The van der Waals surface area contributed by atoms with Gasteiger partial charge >= 0.3 is 0 Å². The first-order valence-electron chi connectivity index (χ1n) is 10.9. The minimum atomic E-state index is -0.118. The Labute approximate surface area is 194 Å². The Balaban J connectivity index is 1.40. The molecule has 0 saturated carbocycles. The quantitative estimate of drug-likeness (QED) is 0.406. The van der Waals surface area contributed by atoms with E-state index in [-0.39, 0.29) is 11.7 Å². The fourth-order valence-corrected chi connectivity index (χ4v) is 6.43. The lowest BCUT2D eigenvalue weighted by Gasteiger charge is -2.17. The molecule has 1 aliphatic carbocycles. The molecule has 7 nitrogen and oxygen atoms in total. The van der Waals surface area contributed by atoms with Crippen molar-refractivity contribution in [1.29, 1.82) is 0 Å². The highest BCUT2D eigenvalue weighted by atomic mass is 32.2. The lowest BCUT2D eigenvalue weighted by atomic mass is 9.89. The number of hydrogen-bond donors (Lipinski definition) is 1. The van der Waals surface area contributed by atoms with E-state index in [2.05, 4.69) is 22.4 Å². The van der Waals surface area contributed by atoms with E-state index in [1.807, 2.05) is 42.5 Å². The third kappa shape index (κ3) is 3.84. The number of thioether (sulfide) groups is 1. The molecule has 0 spiro atoms. The number of aryl methyl sites for hydroxylation is 2. The predicted octanol–water partition coefficient (Wildman–Crippen LogP) is 4.90. The number of para-hydroxylation sites is 2. The normalized spacial score (nSPS) is 15.8. The molecule has 3 heterocycles. The fraction of sp³-hybridized carbons (Fsp3) is 0.391. The van der Waals surface area contributed by atoms with Crippen LogP contribution in [-0.4, -0.2) is 37.8 Å². The lowest BCUT2D eigenvalue weighted by molar-refractivity contribution is -0.113. The van der Waals surface area contributed by atoms with Crippen molar-refractivity contribution >= 4 is 50.6 Å². The van der Waals surface area contributed by atoms with Gasteiger partial charge in [-0.2, -0.15) is 0 Å². The summed E-state index contributed by atoms with van der Waals surface area (Å²) < 4.78 is 7.58. The van der Waals surface area contributed by atoms with E-state index in [0.29, 0.717) is 29.1 Å². The largest absolute Gasteiger partial charge is 0.492 e. The van der Waals surface area contributed by atoms with Crippen molar-refractivity contribution < 1.29 is 9.53 Å². The maximum Gasteiger partial charge on any atom is 0.234 e. The maximum absolute atomic E-state index is 12.6. The van der Waals surface area contributed by atoms with Crippen LogP contribution < -0.4 is 10.1 Å². The Morgan fingerprint density at radius 1 is 1.34 bits per heavy atom. The molecule has 0 radical (unpaired) electrons. The second kappa shape index (κ2) is 8.71. The Morgan fingerprint density at radius 3 is 3.03 bits per heavy atom. The molecule has 5 rings (SSSR count). The first kappa shape index (κ1) is 21.2. The summed E-state index contributed by atoms with van der Waals surface area (Å²) in [5, 5.41) is 13.7. The zero-order valence-corrected chi connectivity index (χ0v) is 20.0. The molecule has 1 amide bonds. The number of benzene rings is 1. The van der Waals surface area contributed by atoms with Crippen LogP contribution in [0.25, 0.3) is 15.9 Å². The summed E-state index contributed by atoms with van der Waals surface area (Å²) in [6.07, 6.45) is 3.37. The van der Waals surface area contributed by atoms with Crippen molar-refractivity contribution in [2.45, 2.75) is 45.2 Å². The topological polar surface area (TPSA) is 81.4 Å². The summed E-state index contributed by atoms with van der Waals surface area (Å²) in [6, 6.07) is 7.45. The lowest BCUT2D eigenvalue weighted by Crippen LogP contribution is -2.15. The van der Waals surface area contributed by atoms with E-state index < -0.39 is 0 Å². The minimum absolute atomic E-state index is 0.118. The molecule has 4 aromatic rings. The Hall–Kier alpha value is -2.65. The number of rotatable bonds is 6. The van der Waals surface area contributed by atoms with Crippen LogP contribution in [0.3, 0.4) is 0 Å². The highest BCUT2D eigenvalue weighted by Gasteiger charge is 2.25. The molecule has 9 heteroatoms. The highest BCUT2D eigenvalue weighted by Crippen LogP contribution is 2.39. The molecule has 0 fully saturated rings. The minimum Gasteiger partial charge on any atom is -0.492 e. The van der Waals surface area contributed by atoms with Crippen LogP contribution in [-0.2, 0) is 17.6 Å². The zero-order valence-electron chi connectivity index (χ0n) is 18.3. The molecule has 0 bridgehead atoms. The summed E-state index contributed by atoms with van der Waals surface area (Å²) in [7, 11) is 0. The van der Waals surface area contributed by atoms with Crippen LogP contribution in [0, 0.1) is 12.8 Å². The number of carbonyl (C=O) groups excluding carboxylic acids is 1. The number of fused-ring (bicyclic) bond motifs is 5. The van der Waals surface area contributed by atoms with Crippen LogP contribution in [0.4, 0.5) is 5.69 Å². The molecule has 1 N–H and O–H groups in total. The molecule has 32 heavy (non-hydrogen) atoms. The number of hydrogen-bond acceptors (Lipinski definition) is 7. The van der Waals surface area contributed by atoms with Gasteiger partial charge in [-0.15, -0.1) is 21.5 Å². The van der Waals surface area contributed by atoms with Crippen LogP contribution >= 0.6 is 23.1 Å². The predicted molar refractivity (Wildman–Crippen MR) is 129 cm³/mol. The molecular formula is C23H25N5O2S2. The zero-order chi connectivity index (χ0) is 22.2. The SMILES string of the molecule is CCOc1ccccc1NC(=O)CSc1nnc2c3c4c(sc3nc(C)n12)CC(C)CC4. The van der Waals surface area contributed by atoms with E-state index >= 15 is 0 Å². The van der Waals surface area contributed by atoms with Crippen molar-refractivity contribution in [3.63, 3.8) is 0 Å². The standard InChI is InChI=1S/C23H25N5O2S2/c1-4-30-17-8-6-5-7-16(17)25-19(29)12-31-23-27-26-21-20-15-10-9-13(2)11-18(15)32-22(20)24-14(3)28(21)23/h5-8,13H,4,9-12H2,1-3H3,(H,25,29). The number of nitrogens with one attached hydrogen (secondary N) is 1. The third-order valence-corrected chi connectivity index (χ3v) is 7.81. The number of aromatic nitrogens is 4. The molecule has 1 aliphatic rings. The van der Waals surface area contributed by atoms with Gasteiger partial charge in [-0.05, 0) is 56.7 Å². The van der Waals surface area contributed by atoms with Crippen molar-refractivity contribution in [1.82, 2.24) is 19.6 Å². The van der Waals surface area contributed by atoms with Gasteiger partial charge in [0.1, 0.15) is 16.4 Å². The average molecular weight is 468 g/mol. The van der Waals surface area contributed by atoms with Gasteiger partial charge in [-0.25, -0.2) is 4.98 Å². The van der Waals surface area contributed by atoms with E-state index in [0.717, 1.165) is 34.5 Å². The fourth-order valence-electron chi connectivity index (χ4n) is 4.23. The number of nitrogens with zero attached hydrogens (tertiary/aromatic N) is 4. The van der Waals surface area contributed by atoms with Crippen molar-refractivity contribution in [3.05, 3.63) is 40.5 Å². The van der Waals surface area contributed by atoms with Crippen LogP contribution in [0.1, 0.15) is 36.5 Å². The second-order valence-electron chi connectivity index (χ2n) is 8.10. The first-order valence-corrected chi connectivity index (χ1v) is 12.7. The second-order valence-corrected chi connectivity index (χ2v) is 10.1. The smallest absolute Gasteiger partial charge is 0.234 e. The third-order valence-electron chi connectivity index (χ3n) is 5.73. The summed E-state index contributed by atoms with van der Waals surface area (Å²) in [6.45, 7) is 6.74. The number of carbonyl (C=O) groups is 1. The van der Waals surface area contributed by atoms with Gasteiger partial charge < -0.3 is 10.1 Å². The van der Waals surface area contributed by atoms with E-state index in [9.17, 15) is 4.79 Å². The van der Waals surface area contributed by atoms with Crippen LogP contribution in [0.2, 0.25) is 0 Å². The van der Waals surface area contributed by atoms with Gasteiger partial charge in [0.15, 0.2) is 10.8 Å². The first-order chi connectivity index (χ1) is 15.5. The van der Waals surface area contributed by atoms with E-state index in [1.165, 1.54) is 28.6 Å². The van der Waals surface area contributed by atoms with Crippen molar-refractivity contribution in [2.75, 3.05) is 17.7 Å². The van der Waals surface area contributed by atoms with E-state index in [4.69, 9.17) is 9.72 Å². The van der Waals surface area contributed by atoms with Crippen molar-refractivity contribution in [3.8, 4) is 5.75 Å². The highest BCUT2D eigenvalue weighted by molar-refractivity contribution is 7.99. The van der Waals surface area contributed by atoms with E-state index in [1.54, 1.807) is 11.3 Å². The monoisotopic (exact) mass is 467 g/mol. The molecule has 166 valence electrons. The summed E-state index contributed by atoms with van der Waals surface area (Å²) in [5.74, 6) is 2.32.